The molecule has 0 aromatic carbocycles. The van der Waals surface area contributed by atoms with Gasteiger partial charge in [0.05, 0.1) is 6.04 Å². The van der Waals surface area contributed by atoms with Crippen molar-refractivity contribution in [2.45, 2.75) is 104 Å². The smallest absolute Gasteiger partial charge is 0.149 e. The van der Waals surface area contributed by atoms with Crippen molar-refractivity contribution in [1.82, 2.24) is 4.90 Å². The van der Waals surface area contributed by atoms with Gasteiger partial charge < -0.3 is 0 Å². The molecule has 0 radical (unpaired) electrons. The summed E-state index contributed by atoms with van der Waals surface area (Å²) in [4.78, 5) is 14.7. The average molecular weight is 281 g/mol. The van der Waals surface area contributed by atoms with Gasteiger partial charge in [-0.15, -0.1) is 0 Å². The van der Waals surface area contributed by atoms with Gasteiger partial charge in [0.2, 0.25) is 0 Å². The van der Waals surface area contributed by atoms with Gasteiger partial charge in [0.25, 0.3) is 0 Å². The Morgan fingerprint density at radius 3 is 2.15 bits per heavy atom. The largest absolute Gasteiger partial charge is 0.298 e. The molecular weight excluding hydrogens is 246 g/mol. The van der Waals surface area contributed by atoms with Gasteiger partial charge in [0.1, 0.15) is 5.78 Å². The number of carbonyl (C=O) groups is 1. The number of hydrogen-bond acceptors (Lipinski definition) is 2. The molecule has 20 heavy (non-hydrogen) atoms. The van der Waals surface area contributed by atoms with Crippen molar-refractivity contribution < 1.29 is 4.79 Å². The molecule has 2 rings (SSSR count). The molecule has 118 valence electrons. The molecule has 2 nitrogen and oxygen atoms in total. The number of rotatable bonds is 2. The molecule has 3 atom stereocenters. The first-order chi connectivity index (χ1) is 9.36. The summed E-state index contributed by atoms with van der Waals surface area (Å²) in [7, 11) is 0. The van der Waals surface area contributed by atoms with Gasteiger partial charge >= 0.3 is 0 Å². The molecule has 2 fully saturated rings. The fourth-order valence-electron chi connectivity index (χ4n) is 3.95. The zero-order valence-electron chi connectivity index (χ0n) is 14.5. The van der Waals surface area contributed by atoms with Crippen molar-refractivity contribution in [2.75, 3.05) is 0 Å². The molecule has 0 amide bonds. The van der Waals surface area contributed by atoms with E-state index in [1.54, 1.807) is 0 Å². The number of fused-ring (bicyclic) bond motifs is 1. The predicted molar refractivity (Wildman–Crippen MR) is 87.0 cm³/mol. The molecule has 2 heteroatoms. The second-order valence-electron chi connectivity index (χ2n) is 7.47. The van der Waals surface area contributed by atoms with E-state index in [1.165, 1.54) is 32.1 Å². The van der Waals surface area contributed by atoms with Crippen LogP contribution in [0, 0.1) is 5.92 Å². The first kappa shape index (κ1) is 17.7. The van der Waals surface area contributed by atoms with Crippen molar-refractivity contribution in [2.24, 2.45) is 5.92 Å². The highest BCUT2D eigenvalue weighted by atomic mass is 16.1. The average Bonchev–Trinajstić information content (AvgIpc) is 2.77. The summed E-state index contributed by atoms with van der Waals surface area (Å²) in [5.41, 5.74) is 0.131. The van der Waals surface area contributed by atoms with E-state index in [4.69, 9.17) is 0 Å². The predicted octanol–water partition coefficient (Wildman–Crippen LogP) is 4.81. The number of carbonyl (C=O) groups excluding carboxylic acids is 1. The topological polar surface area (TPSA) is 20.3 Å². The van der Waals surface area contributed by atoms with E-state index in [9.17, 15) is 4.79 Å². The third-order valence-corrected chi connectivity index (χ3v) is 4.58. The summed E-state index contributed by atoms with van der Waals surface area (Å²) >= 11 is 0. The molecule has 1 saturated carbocycles. The standard InChI is InChI=1S/C15H27NO.C3H8/c1-5-14(17)13-10-11-8-6-7-9-12(11)16(13)15(2,3)4;1-3-2/h11-13H,5-10H2,1-4H3;3H2,1-2H3. The second kappa shape index (κ2) is 7.59. The van der Waals surface area contributed by atoms with E-state index in [-0.39, 0.29) is 11.6 Å². The maximum atomic E-state index is 12.2. The molecule has 1 saturated heterocycles. The Balaban J connectivity index is 0.000000612. The summed E-state index contributed by atoms with van der Waals surface area (Å²) < 4.78 is 0. The molecule has 2 aliphatic rings. The van der Waals surface area contributed by atoms with Gasteiger partial charge in [0, 0.05) is 18.0 Å². The summed E-state index contributed by atoms with van der Waals surface area (Å²) in [6.45, 7) is 13.0. The maximum Gasteiger partial charge on any atom is 0.149 e. The Morgan fingerprint density at radius 1 is 1.10 bits per heavy atom. The van der Waals surface area contributed by atoms with E-state index in [0.717, 1.165) is 12.3 Å². The Kier molecular flexibility index (Phi) is 6.71. The Morgan fingerprint density at radius 2 is 1.65 bits per heavy atom. The second-order valence-corrected chi connectivity index (χ2v) is 7.47. The molecular formula is C18H35NO. The van der Waals surface area contributed by atoms with Crippen LogP contribution in [0.15, 0.2) is 0 Å². The quantitative estimate of drug-likeness (QED) is 0.723. The normalized spacial score (nSPS) is 30.4. The van der Waals surface area contributed by atoms with Crippen LogP contribution in [0.25, 0.3) is 0 Å². The zero-order chi connectivity index (χ0) is 15.3. The van der Waals surface area contributed by atoms with Crippen LogP contribution in [-0.2, 0) is 4.79 Å². The van der Waals surface area contributed by atoms with Crippen LogP contribution in [0.3, 0.4) is 0 Å². The lowest BCUT2D eigenvalue weighted by molar-refractivity contribution is -0.125. The monoisotopic (exact) mass is 281 g/mol. The number of nitrogens with zero attached hydrogens (tertiary/aromatic N) is 1. The fourth-order valence-corrected chi connectivity index (χ4v) is 3.95. The van der Waals surface area contributed by atoms with Crippen molar-refractivity contribution >= 4 is 5.78 Å². The molecule has 0 bridgehead atoms. The molecule has 0 spiro atoms. The highest BCUT2D eigenvalue weighted by Crippen LogP contribution is 2.43. The number of ketones is 1. The van der Waals surface area contributed by atoms with Crippen LogP contribution in [0.1, 0.15) is 86.5 Å². The Hall–Kier alpha value is -0.370. The van der Waals surface area contributed by atoms with Gasteiger partial charge in [-0.1, -0.05) is 40.0 Å². The van der Waals surface area contributed by atoms with Gasteiger partial charge in [-0.25, -0.2) is 0 Å². The molecule has 1 aliphatic heterocycles. The van der Waals surface area contributed by atoms with Gasteiger partial charge in [-0.05, 0) is 46.0 Å². The van der Waals surface area contributed by atoms with Crippen molar-refractivity contribution in [3.63, 3.8) is 0 Å². The molecule has 0 N–H and O–H groups in total. The van der Waals surface area contributed by atoms with Gasteiger partial charge in [-0.2, -0.15) is 0 Å². The van der Waals surface area contributed by atoms with E-state index < -0.39 is 0 Å². The minimum atomic E-state index is 0.131. The number of Topliss-reactive ketones (excluding diaryl/α,β-unsaturated/α-hetero) is 1. The minimum absolute atomic E-state index is 0.131. The lowest BCUT2D eigenvalue weighted by Crippen LogP contribution is -2.52. The van der Waals surface area contributed by atoms with Crippen LogP contribution in [0.2, 0.25) is 0 Å². The molecule has 1 aliphatic carbocycles. The van der Waals surface area contributed by atoms with E-state index in [0.29, 0.717) is 18.2 Å². The summed E-state index contributed by atoms with van der Waals surface area (Å²) in [6, 6.07) is 0.873. The summed E-state index contributed by atoms with van der Waals surface area (Å²) in [5.74, 6) is 1.23. The lowest BCUT2D eigenvalue weighted by Gasteiger charge is -2.42. The van der Waals surface area contributed by atoms with Crippen LogP contribution in [0.5, 0.6) is 0 Å². The van der Waals surface area contributed by atoms with Crippen LogP contribution >= 0.6 is 0 Å². The lowest BCUT2D eigenvalue weighted by atomic mass is 9.84. The zero-order valence-corrected chi connectivity index (χ0v) is 14.5. The Bertz CT molecular complexity index is 305. The van der Waals surface area contributed by atoms with Gasteiger partial charge in [0.15, 0.2) is 0 Å². The minimum Gasteiger partial charge on any atom is -0.298 e. The maximum absolute atomic E-state index is 12.2. The summed E-state index contributed by atoms with van der Waals surface area (Å²) in [6.07, 6.45) is 8.42. The molecule has 1 heterocycles. The van der Waals surface area contributed by atoms with E-state index in [2.05, 4.69) is 39.5 Å². The number of likely N-dealkylation sites (tertiary alicyclic amines) is 1. The van der Waals surface area contributed by atoms with E-state index in [1.807, 2.05) is 6.92 Å². The molecule has 3 unspecified atom stereocenters. The Labute approximate surface area is 126 Å². The van der Waals surface area contributed by atoms with Crippen LogP contribution in [-0.4, -0.2) is 28.3 Å². The van der Waals surface area contributed by atoms with Crippen LogP contribution < -0.4 is 0 Å². The highest BCUT2D eigenvalue weighted by Gasteiger charge is 2.48. The van der Waals surface area contributed by atoms with E-state index >= 15 is 0 Å². The van der Waals surface area contributed by atoms with Crippen molar-refractivity contribution in [1.29, 1.82) is 0 Å². The SMILES string of the molecule is CCC.CCC(=O)C1CC2CCCCC2N1C(C)(C)C. The first-order valence-electron chi connectivity index (χ1n) is 8.67. The van der Waals surface area contributed by atoms with Crippen molar-refractivity contribution in [3.05, 3.63) is 0 Å². The first-order valence-corrected chi connectivity index (χ1v) is 8.67. The van der Waals surface area contributed by atoms with Crippen LogP contribution in [0.4, 0.5) is 0 Å². The van der Waals surface area contributed by atoms with Crippen molar-refractivity contribution in [3.8, 4) is 0 Å². The number of hydrogen-bond donors (Lipinski definition) is 0. The fraction of sp³-hybridized carbons (Fsp3) is 0.944. The third kappa shape index (κ3) is 4.07. The highest BCUT2D eigenvalue weighted by molar-refractivity contribution is 5.84. The molecule has 0 aromatic heterocycles. The van der Waals surface area contributed by atoms with Gasteiger partial charge in [-0.3, -0.25) is 9.69 Å². The summed E-state index contributed by atoms with van der Waals surface area (Å²) in [5, 5.41) is 0. The molecule has 0 aromatic rings. The third-order valence-electron chi connectivity index (χ3n) is 4.58.